The van der Waals surface area contributed by atoms with Gasteiger partial charge in [0.2, 0.25) is 0 Å². The fourth-order valence-corrected chi connectivity index (χ4v) is 9.60. The summed E-state index contributed by atoms with van der Waals surface area (Å²) in [4.78, 5) is 7.35. The molecule has 0 saturated heterocycles. The maximum Gasteiger partial charge on any atom is 0.124 e. The number of hydrogen-bond donors (Lipinski definition) is 0. The molecule has 0 aliphatic rings. The average Bonchev–Trinajstić information content (AvgIpc) is 3.84. The Hall–Kier alpha value is -6.33. The van der Waals surface area contributed by atoms with Crippen LogP contribution in [0.25, 0.3) is 74.3 Å². The van der Waals surface area contributed by atoms with Crippen LogP contribution in [0.5, 0.6) is 0 Å². The Morgan fingerprint density at radius 3 is 1.34 bits per heavy atom. The number of benzene rings is 8. The second-order valence-corrected chi connectivity index (χ2v) is 15.3. The quantitative estimate of drug-likeness (QED) is 0.164. The largest absolute Gasteiger partial charge is 0.311 e. The molecule has 0 spiro atoms. The van der Waals surface area contributed by atoms with Crippen LogP contribution in [0.3, 0.4) is 0 Å². The van der Waals surface area contributed by atoms with E-state index in [0.29, 0.717) is 0 Å². The van der Waals surface area contributed by atoms with Crippen molar-refractivity contribution in [3.63, 3.8) is 0 Å². The van der Waals surface area contributed by atoms with E-state index in [-0.39, 0.29) is 0 Å². The minimum absolute atomic E-state index is 1.06. The second kappa shape index (κ2) is 13.3. The Morgan fingerprint density at radius 2 is 0.811 bits per heavy atom. The molecule has 0 saturated carbocycles. The SMILES string of the molecule is c1ccc(-c2ccc(N(c3ccc(-c4ccccc4)cc3)c3ccc(-c4ccc5c(c4)sc4ccc6nc(-c7ccccc7)sc6c45)cc3)cc2)cc1. The van der Waals surface area contributed by atoms with Crippen molar-refractivity contribution in [1.82, 2.24) is 4.98 Å². The number of thiophene rings is 1. The first-order valence-corrected chi connectivity index (χ1v) is 19.4. The van der Waals surface area contributed by atoms with Crippen LogP contribution in [0, 0.1) is 0 Å². The third kappa shape index (κ3) is 5.88. The Kier molecular flexibility index (Phi) is 7.90. The molecule has 8 aromatic carbocycles. The van der Waals surface area contributed by atoms with Gasteiger partial charge in [-0.15, -0.1) is 22.7 Å². The predicted molar refractivity (Wildman–Crippen MR) is 229 cm³/mol. The zero-order valence-corrected chi connectivity index (χ0v) is 30.3. The first kappa shape index (κ1) is 31.4. The van der Waals surface area contributed by atoms with E-state index >= 15 is 0 Å². The van der Waals surface area contributed by atoms with E-state index in [1.54, 1.807) is 11.3 Å². The molecular weight excluding hydrogens is 681 g/mol. The minimum atomic E-state index is 1.06. The molecular formula is C49H32N2S2. The second-order valence-electron chi connectivity index (χ2n) is 13.2. The molecule has 250 valence electrons. The van der Waals surface area contributed by atoms with Crippen molar-refractivity contribution in [3.05, 3.63) is 194 Å². The van der Waals surface area contributed by atoms with Crippen LogP contribution in [0.1, 0.15) is 0 Å². The van der Waals surface area contributed by atoms with Crippen molar-refractivity contribution in [2.45, 2.75) is 0 Å². The lowest BCUT2D eigenvalue weighted by Crippen LogP contribution is -2.09. The summed E-state index contributed by atoms with van der Waals surface area (Å²) in [5, 5.41) is 3.68. The van der Waals surface area contributed by atoms with Gasteiger partial charge < -0.3 is 4.90 Å². The molecule has 2 aromatic heterocycles. The zero-order chi connectivity index (χ0) is 35.1. The average molecular weight is 713 g/mol. The minimum Gasteiger partial charge on any atom is -0.311 e. The number of hydrogen-bond acceptors (Lipinski definition) is 4. The van der Waals surface area contributed by atoms with E-state index in [4.69, 9.17) is 4.98 Å². The van der Waals surface area contributed by atoms with Crippen molar-refractivity contribution in [1.29, 1.82) is 0 Å². The van der Waals surface area contributed by atoms with Crippen LogP contribution < -0.4 is 4.90 Å². The molecule has 0 aliphatic carbocycles. The van der Waals surface area contributed by atoms with Gasteiger partial charge in [0, 0.05) is 42.8 Å². The fourth-order valence-electron chi connectivity index (χ4n) is 7.25. The summed E-state index contributed by atoms with van der Waals surface area (Å²) in [7, 11) is 0. The van der Waals surface area contributed by atoms with E-state index in [1.807, 2.05) is 11.3 Å². The first-order valence-electron chi connectivity index (χ1n) is 17.8. The highest BCUT2D eigenvalue weighted by Crippen LogP contribution is 2.44. The molecule has 4 heteroatoms. The summed E-state index contributed by atoms with van der Waals surface area (Å²) in [6.07, 6.45) is 0. The third-order valence-corrected chi connectivity index (χ3v) is 12.2. The summed E-state index contributed by atoms with van der Waals surface area (Å²) in [5.41, 5.74) is 12.8. The molecule has 0 aliphatic heterocycles. The Labute approximate surface area is 316 Å². The van der Waals surface area contributed by atoms with Gasteiger partial charge in [0.05, 0.1) is 10.2 Å². The molecule has 10 rings (SSSR count). The molecule has 2 nitrogen and oxygen atoms in total. The van der Waals surface area contributed by atoms with Crippen LogP contribution in [0.15, 0.2) is 194 Å². The van der Waals surface area contributed by atoms with Crippen LogP contribution >= 0.6 is 22.7 Å². The first-order chi connectivity index (χ1) is 26.2. The number of rotatable bonds is 7. The number of nitrogens with zero attached hydrogens (tertiary/aromatic N) is 2. The topological polar surface area (TPSA) is 16.1 Å². The maximum atomic E-state index is 5.01. The van der Waals surface area contributed by atoms with Gasteiger partial charge >= 0.3 is 0 Å². The number of aromatic nitrogens is 1. The summed E-state index contributed by atoms with van der Waals surface area (Å²) in [6.45, 7) is 0. The fraction of sp³-hybridized carbons (Fsp3) is 0. The molecule has 0 atom stereocenters. The zero-order valence-electron chi connectivity index (χ0n) is 28.7. The monoisotopic (exact) mass is 712 g/mol. The van der Waals surface area contributed by atoms with Crippen molar-refractivity contribution in [2.75, 3.05) is 4.90 Å². The highest BCUT2D eigenvalue weighted by atomic mass is 32.1. The molecule has 10 aromatic rings. The molecule has 2 heterocycles. The number of anilines is 3. The van der Waals surface area contributed by atoms with Crippen LogP contribution in [0.2, 0.25) is 0 Å². The van der Waals surface area contributed by atoms with Gasteiger partial charge in [-0.25, -0.2) is 4.98 Å². The molecule has 0 fully saturated rings. The van der Waals surface area contributed by atoms with Crippen LogP contribution in [0.4, 0.5) is 17.1 Å². The smallest absolute Gasteiger partial charge is 0.124 e. The van der Waals surface area contributed by atoms with Gasteiger partial charge in [0.25, 0.3) is 0 Å². The van der Waals surface area contributed by atoms with Crippen molar-refractivity contribution in [2.24, 2.45) is 0 Å². The van der Waals surface area contributed by atoms with Crippen molar-refractivity contribution >= 4 is 70.1 Å². The lowest BCUT2D eigenvalue weighted by Gasteiger charge is -2.26. The normalized spacial score (nSPS) is 11.4. The Bertz CT molecular complexity index is 2760. The highest BCUT2D eigenvalue weighted by Gasteiger charge is 2.16. The third-order valence-electron chi connectivity index (χ3n) is 9.94. The standard InChI is InChI=1S/C49H32N2S2/c1-4-10-33(11-5-1)35-16-23-40(24-17-35)51(41-25-18-36(19-26-41)34-12-6-2-7-13-34)42-27-20-37(21-28-42)39-22-29-43-46(32-39)52-45-31-30-44-48(47(43)45)53-49(50-44)38-14-8-3-9-15-38/h1-32H. The summed E-state index contributed by atoms with van der Waals surface area (Å²) < 4.78 is 3.86. The highest BCUT2D eigenvalue weighted by molar-refractivity contribution is 7.28. The predicted octanol–water partition coefficient (Wildman–Crippen LogP) is 14.8. The summed E-state index contributed by atoms with van der Waals surface area (Å²) >= 11 is 3.65. The lowest BCUT2D eigenvalue weighted by molar-refractivity contribution is 1.28. The summed E-state index contributed by atoms with van der Waals surface area (Å²) in [5.74, 6) is 0. The van der Waals surface area contributed by atoms with Gasteiger partial charge in [0.15, 0.2) is 0 Å². The van der Waals surface area contributed by atoms with E-state index < -0.39 is 0 Å². The Morgan fingerprint density at radius 1 is 0.358 bits per heavy atom. The van der Waals surface area contributed by atoms with E-state index in [2.05, 4.69) is 199 Å². The van der Waals surface area contributed by atoms with Gasteiger partial charge in [-0.3, -0.25) is 0 Å². The molecule has 53 heavy (non-hydrogen) atoms. The van der Waals surface area contributed by atoms with E-state index in [0.717, 1.165) is 27.6 Å². The molecule has 0 radical (unpaired) electrons. The van der Waals surface area contributed by atoms with Crippen molar-refractivity contribution in [3.8, 4) is 44.0 Å². The van der Waals surface area contributed by atoms with Crippen LogP contribution in [-0.2, 0) is 0 Å². The van der Waals surface area contributed by atoms with Gasteiger partial charge in [0.1, 0.15) is 5.01 Å². The van der Waals surface area contributed by atoms with Gasteiger partial charge in [-0.05, 0) is 88.0 Å². The maximum absolute atomic E-state index is 5.01. The van der Waals surface area contributed by atoms with Crippen LogP contribution in [-0.4, -0.2) is 4.98 Å². The van der Waals surface area contributed by atoms with E-state index in [9.17, 15) is 0 Å². The lowest BCUT2D eigenvalue weighted by atomic mass is 10.0. The number of fused-ring (bicyclic) bond motifs is 5. The van der Waals surface area contributed by atoms with E-state index in [1.165, 1.54) is 63.8 Å². The Balaban J connectivity index is 1.00. The molecule has 0 N–H and O–H groups in total. The number of thiazole rings is 1. The molecule has 0 bridgehead atoms. The summed E-state index contributed by atoms with van der Waals surface area (Å²) in [6, 6.07) is 69.7. The molecule has 0 amide bonds. The van der Waals surface area contributed by atoms with Crippen molar-refractivity contribution < 1.29 is 0 Å². The van der Waals surface area contributed by atoms with Gasteiger partial charge in [-0.2, -0.15) is 0 Å². The van der Waals surface area contributed by atoms with Gasteiger partial charge in [-0.1, -0.05) is 140 Å². The molecule has 0 unspecified atom stereocenters.